The highest BCUT2D eigenvalue weighted by atomic mass is 32.1. The minimum atomic E-state index is -0.955. The molecule has 1 atom stereocenters. The minimum absolute atomic E-state index is 0.131. The first-order valence-electron chi connectivity index (χ1n) is 8.73. The van der Waals surface area contributed by atoms with Crippen molar-refractivity contribution in [3.8, 4) is 6.07 Å². The molecule has 1 fully saturated rings. The molecule has 0 amide bonds. The third-order valence-corrected chi connectivity index (χ3v) is 6.00. The summed E-state index contributed by atoms with van der Waals surface area (Å²) < 4.78 is 5.21. The molecule has 25 heavy (non-hydrogen) atoms. The Morgan fingerprint density at radius 3 is 2.48 bits per heavy atom. The normalized spacial score (nSPS) is 22.0. The van der Waals surface area contributed by atoms with Gasteiger partial charge in [-0.25, -0.2) is 4.98 Å². The number of hydrogen-bond acceptors (Lipinski definition) is 6. The molecule has 0 N–H and O–H groups in total. The number of aryl methyl sites for hydroxylation is 1. The van der Waals surface area contributed by atoms with Crippen molar-refractivity contribution in [3.05, 3.63) is 16.1 Å². The molecule has 0 aliphatic heterocycles. The number of ketones is 1. The molecule has 1 aliphatic rings. The number of aromatic nitrogens is 1. The molecule has 1 aromatic rings. The van der Waals surface area contributed by atoms with Crippen LogP contribution < -0.4 is 0 Å². The van der Waals surface area contributed by atoms with Crippen LogP contribution >= 0.6 is 11.3 Å². The molecule has 136 valence electrons. The van der Waals surface area contributed by atoms with Crippen LogP contribution in [0.1, 0.15) is 63.1 Å². The van der Waals surface area contributed by atoms with Crippen LogP contribution in [0.5, 0.6) is 0 Å². The molecule has 0 unspecified atom stereocenters. The van der Waals surface area contributed by atoms with Crippen LogP contribution in [0, 0.1) is 35.5 Å². The predicted octanol–water partition coefficient (Wildman–Crippen LogP) is 4.02. The fourth-order valence-corrected chi connectivity index (χ4v) is 4.17. The average molecular weight is 362 g/mol. The van der Waals surface area contributed by atoms with Gasteiger partial charge in [0.2, 0.25) is 0 Å². The van der Waals surface area contributed by atoms with Crippen molar-refractivity contribution in [2.75, 3.05) is 6.61 Å². The summed E-state index contributed by atoms with van der Waals surface area (Å²) in [5.74, 6) is -1.19. The summed E-state index contributed by atoms with van der Waals surface area (Å²) in [6, 6.07) is 1.96. The zero-order valence-corrected chi connectivity index (χ0v) is 16.2. The van der Waals surface area contributed by atoms with Crippen LogP contribution in [0.15, 0.2) is 5.38 Å². The molecule has 0 radical (unpaired) electrons. The van der Waals surface area contributed by atoms with Crippen molar-refractivity contribution in [2.24, 2.45) is 17.3 Å². The monoisotopic (exact) mass is 362 g/mol. The smallest absolute Gasteiger partial charge is 0.309 e. The van der Waals surface area contributed by atoms with Crippen LogP contribution in [-0.2, 0) is 14.3 Å². The SMILES string of the molecule is Cc1csc([C@@H](C#N)C(=O)COC(=O)C2CCC(C(C)(C)C)CC2)n1. The summed E-state index contributed by atoms with van der Waals surface area (Å²) >= 11 is 1.28. The Bertz CT molecular complexity index is 661. The van der Waals surface area contributed by atoms with E-state index in [1.165, 1.54) is 11.3 Å². The number of esters is 1. The maximum atomic E-state index is 12.2. The Kier molecular flexibility index (Phi) is 6.34. The number of nitriles is 1. The number of ether oxygens (including phenoxy) is 1. The van der Waals surface area contributed by atoms with Crippen molar-refractivity contribution >= 4 is 23.1 Å². The maximum absolute atomic E-state index is 12.2. The first-order valence-corrected chi connectivity index (χ1v) is 9.61. The molecule has 1 aliphatic carbocycles. The van der Waals surface area contributed by atoms with E-state index >= 15 is 0 Å². The van der Waals surface area contributed by atoms with E-state index in [-0.39, 0.29) is 23.9 Å². The molecule has 1 aromatic heterocycles. The van der Waals surface area contributed by atoms with Gasteiger partial charge in [-0.3, -0.25) is 9.59 Å². The number of nitrogens with zero attached hydrogens (tertiary/aromatic N) is 2. The third-order valence-electron chi connectivity index (χ3n) is 4.98. The molecule has 0 aromatic carbocycles. The number of Topliss-reactive ketones (excluding diaryl/α,β-unsaturated/α-hetero) is 1. The molecular formula is C19H26N2O3S. The lowest BCUT2D eigenvalue weighted by molar-refractivity contribution is -0.153. The second-order valence-electron chi connectivity index (χ2n) is 7.88. The van der Waals surface area contributed by atoms with Crippen LogP contribution in [0.2, 0.25) is 0 Å². The highest BCUT2D eigenvalue weighted by Crippen LogP contribution is 2.40. The van der Waals surface area contributed by atoms with Gasteiger partial charge in [0.15, 0.2) is 18.3 Å². The van der Waals surface area contributed by atoms with Gasteiger partial charge in [0.05, 0.1) is 12.0 Å². The van der Waals surface area contributed by atoms with Crippen molar-refractivity contribution < 1.29 is 14.3 Å². The lowest BCUT2D eigenvalue weighted by Crippen LogP contribution is -2.30. The average Bonchev–Trinajstić information content (AvgIpc) is 2.98. The predicted molar refractivity (Wildman–Crippen MR) is 96.1 cm³/mol. The van der Waals surface area contributed by atoms with Gasteiger partial charge in [-0.05, 0) is 43.9 Å². The molecule has 0 bridgehead atoms. The quantitative estimate of drug-likeness (QED) is 0.739. The van der Waals surface area contributed by atoms with Crippen LogP contribution in [0.4, 0.5) is 0 Å². The number of thiazole rings is 1. The summed E-state index contributed by atoms with van der Waals surface area (Å²) in [6.45, 7) is 8.16. The molecule has 2 rings (SSSR count). The zero-order valence-electron chi connectivity index (χ0n) is 15.4. The van der Waals surface area contributed by atoms with Gasteiger partial charge in [-0.1, -0.05) is 20.8 Å². The van der Waals surface area contributed by atoms with Crippen LogP contribution in [-0.4, -0.2) is 23.3 Å². The number of hydrogen-bond donors (Lipinski definition) is 0. The van der Waals surface area contributed by atoms with E-state index in [0.29, 0.717) is 10.9 Å². The van der Waals surface area contributed by atoms with Crippen LogP contribution in [0.25, 0.3) is 0 Å². The van der Waals surface area contributed by atoms with Gasteiger partial charge in [0.1, 0.15) is 5.01 Å². The van der Waals surface area contributed by atoms with Gasteiger partial charge < -0.3 is 4.74 Å². The Morgan fingerprint density at radius 2 is 2.00 bits per heavy atom. The van der Waals surface area contributed by atoms with Crippen molar-refractivity contribution in [2.45, 2.75) is 59.3 Å². The Balaban J connectivity index is 1.84. The number of carbonyl (C=O) groups excluding carboxylic acids is 2. The largest absolute Gasteiger partial charge is 0.457 e. The van der Waals surface area contributed by atoms with E-state index in [1.807, 2.05) is 13.0 Å². The summed E-state index contributed by atoms with van der Waals surface area (Å²) in [7, 11) is 0. The molecule has 0 saturated heterocycles. The van der Waals surface area contributed by atoms with Gasteiger partial charge in [0.25, 0.3) is 0 Å². The van der Waals surface area contributed by atoms with Crippen LogP contribution in [0.3, 0.4) is 0 Å². The molecule has 5 nitrogen and oxygen atoms in total. The van der Waals surface area contributed by atoms with Crippen molar-refractivity contribution in [1.29, 1.82) is 5.26 Å². The molecular weight excluding hydrogens is 336 g/mol. The van der Waals surface area contributed by atoms with Gasteiger partial charge in [-0.2, -0.15) is 5.26 Å². The lowest BCUT2D eigenvalue weighted by atomic mass is 9.70. The first kappa shape index (κ1) is 19.6. The zero-order chi connectivity index (χ0) is 18.6. The number of rotatable bonds is 5. The Labute approximate surface area is 153 Å². The fourth-order valence-electron chi connectivity index (χ4n) is 3.31. The van der Waals surface area contributed by atoms with Gasteiger partial charge in [0, 0.05) is 11.1 Å². The summed E-state index contributed by atoms with van der Waals surface area (Å²) in [5, 5.41) is 11.5. The fraction of sp³-hybridized carbons (Fsp3) is 0.684. The van der Waals surface area contributed by atoms with Gasteiger partial charge in [-0.15, -0.1) is 11.3 Å². The second kappa shape index (κ2) is 8.09. The van der Waals surface area contributed by atoms with E-state index in [4.69, 9.17) is 4.74 Å². The van der Waals surface area contributed by atoms with E-state index in [1.54, 1.807) is 5.38 Å². The van der Waals surface area contributed by atoms with Crippen molar-refractivity contribution in [3.63, 3.8) is 0 Å². The molecule has 1 heterocycles. The Morgan fingerprint density at radius 1 is 1.36 bits per heavy atom. The highest BCUT2D eigenvalue weighted by molar-refractivity contribution is 7.09. The topological polar surface area (TPSA) is 80.0 Å². The first-order chi connectivity index (χ1) is 11.7. The molecule has 0 spiro atoms. The van der Waals surface area contributed by atoms with E-state index in [9.17, 15) is 14.9 Å². The summed E-state index contributed by atoms with van der Waals surface area (Å²) in [4.78, 5) is 28.6. The van der Waals surface area contributed by atoms with E-state index in [2.05, 4.69) is 25.8 Å². The Hall–Kier alpha value is -1.74. The summed E-state index contributed by atoms with van der Waals surface area (Å²) in [6.07, 6.45) is 3.64. The second-order valence-corrected chi connectivity index (χ2v) is 8.77. The number of carbonyl (C=O) groups is 2. The van der Waals surface area contributed by atoms with Crippen molar-refractivity contribution in [1.82, 2.24) is 4.98 Å². The summed E-state index contributed by atoms with van der Waals surface area (Å²) in [5.41, 5.74) is 1.04. The van der Waals surface area contributed by atoms with Gasteiger partial charge >= 0.3 is 5.97 Å². The molecule has 6 heteroatoms. The maximum Gasteiger partial charge on any atom is 0.309 e. The minimum Gasteiger partial charge on any atom is -0.457 e. The molecule has 1 saturated carbocycles. The highest BCUT2D eigenvalue weighted by Gasteiger charge is 2.33. The van der Waals surface area contributed by atoms with E-state index in [0.717, 1.165) is 31.4 Å². The standard InChI is InChI=1S/C19H26N2O3S/c1-12-11-25-17(21-12)15(9-20)16(22)10-24-18(23)13-5-7-14(8-6-13)19(2,3)4/h11,13-15H,5-8,10H2,1-4H3/t13?,14?,15-/m0/s1. The third kappa shape index (κ3) is 5.12. The van der Waals surface area contributed by atoms with E-state index < -0.39 is 11.7 Å². The lowest BCUT2D eigenvalue weighted by Gasteiger charge is -2.36.